The highest BCUT2D eigenvalue weighted by atomic mass is 32.1. The number of hydrogen-bond acceptors (Lipinski definition) is 3. The van der Waals surface area contributed by atoms with Gasteiger partial charge in [-0.2, -0.15) is 0 Å². The van der Waals surface area contributed by atoms with Gasteiger partial charge < -0.3 is 10.8 Å². The molecule has 0 radical (unpaired) electrons. The number of thiocarbonyl (C=S) groups is 1. The van der Waals surface area contributed by atoms with Gasteiger partial charge in [0.15, 0.2) is 0 Å². The number of nitrogens with two attached hydrogens (primary N) is 1. The van der Waals surface area contributed by atoms with Crippen molar-refractivity contribution in [2.75, 3.05) is 6.61 Å². The number of aliphatic hydroxyl groups excluding tert-OH is 1. The summed E-state index contributed by atoms with van der Waals surface area (Å²) in [5.41, 5.74) is 5.22. The van der Waals surface area contributed by atoms with E-state index in [1.54, 1.807) is 6.92 Å². The van der Waals surface area contributed by atoms with Gasteiger partial charge in [-0.25, -0.2) is 0 Å². The highest BCUT2D eigenvalue weighted by Crippen LogP contribution is 1.79. The first-order chi connectivity index (χ1) is 3.18. The molecule has 7 heavy (non-hydrogen) atoms. The van der Waals surface area contributed by atoms with Crippen LogP contribution >= 0.6 is 12.2 Å². The second kappa shape index (κ2) is 3.07. The average Bonchev–Trinajstić information content (AvgIpc) is 1.65. The lowest BCUT2D eigenvalue weighted by Gasteiger charge is -2.01. The molecule has 0 aromatic rings. The lowest BCUT2D eigenvalue weighted by Crippen LogP contribution is -2.30. The van der Waals surface area contributed by atoms with Crippen LogP contribution < -0.4 is 5.73 Å². The zero-order valence-electron chi connectivity index (χ0n) is 4.22. The molecule has 0 aliphatic heterocycles. The first kappa shape index (κ1) is 7.01. The van der Waals surface area contributed by atoms with Crippen molar-refractivity contribution in [3.63, 3.8) is 0 Å². The lowest BCUT2D eigenvalue weighted by molar-refractivity contribution is 0.290. The van der Waals surface area contributed by atoms with Crippen LogP contribution in [0.15, 0.2) is 0 Å². The molecule has 0 bridgehead atoms. The lowest BCUT2D eigenvalue weighted by atomic mass is 10.3. The zero-order valence-corrected chi connectivity index (χ0v) is 5.03. The first-order valence-corrected chi connectivity index (χ1v) is 2.46. The Morgan fingerprint density at radius 3 is 2.43 bits per heavy atom. The Bertz CT molecular complexity index is 74.1. The third kappa shape index (κ3) is 2.68. The van der Waals surface area contributed by atoms with E-state index in [-0.39, 0.29) is 12.6 Å². The summed E-state index contributed by atoms with van der Waals surface area (Å²) in [5, 5.41) is 8.29. The van der Waals surface area contributed by atoms with Crippen LogP contribution in [0.25, 0.3) is 0 Å². The largest absolute Gasteiger partial charge is 0.394 e. The van der Waals surface area contributed by atoms with Crippen molar-refractivity contribution < 1.29 is 5.11 Å². The van der Waals surface area contributed by atoms with Crippen molar-refractivity contribution in [3.8, 4) is 0 Å². The standard InChI is InChI=1S/C4H9NOS/c1-3(7)4(5)2-6/h4,6H,2,5H2,1H3. The fraction of sp³-hybridized carbons (Fsp3) is 0.750. The maximum absolute atomic E-state index is 8.29. The fourth-order valence-electron chi connectivity index (χ4n) is 0.129. The van der Waals surface area contributed by atoms with Gasteiger partial charge in [0.05, 0.1) is 12.6 Å². The third-order valence-corrected chi connectivity index (χ3v) is 1.02. The van der Waals surface area contributed by atoms with Crippen LogP contribution in [-0.4, -0.2) is 22.6 Å². The van der Waals surface area contributed by atoms with E-state index in [0.29, 0.717) is 4.86 Å². The smallest absolute Gasteiger partial charge is 0.0629 e. The maximum atomic E-state index is 8.29. The highest BCUT2D eigenvalue weighted by molar-refractivity contribution is 7.80. The normalized spacial score (nSPS) is 13.6. The summed E-state index contributed by atoms with van der Waals surface area (Å²) in [4.78, 5) is 0.655. The molecule has 0 aliphatic carbocycles. The quantitative estimate of drug-likeness (QED) is 0.490. The minimum atomic E-state index is -0.310. The molecule has 0 saturated heterocycles. The molecule has 0 rings (SSSR count). The van der Waals surface area contributed by atoms with E-state index >= 15 is 0 Å². The summed E-state index contributed by atoms with van der Waals surface area (Å²) in [6.45, 7) is 1.67. The molecule has 0 aromatic heterocycles. The third-order valence-electron chi connectivity index (χ3n) is 0.719. The van der Waals surface area contributed by atoms with Gasteiger partial charge in [0.2, 0.25) is 0 Å². The Balaban J connectivity index is 3.34. The minimum Gasteiger partial charge on any atom is -0.394 e. The van der Waals surface area contributed by atoms with E-state index < -0.39 is 0 Å². The Hall–Kier alpha value is 0.0100. The summed E-state index contributed by atoms with van der Waals surface area (Å²) in [6.07, 6.45) is 0. The van der Waals surface area contributed by atoms with E-state index in [1.807, 2.05) is 0 Å². The second-order valence-corrected chi connectivity index (χ2v) is 2.04. The minimum absolute atomic E-state index is 0.0463. The van der Waals surface area contributed by atoms with Gasteiger partial charge in [-0.1, -0.05) is 12.2 Å². The Kier molecular flexibility index (Phi) is 3.07. The van der Waals surface area contributed by atoms with E-state index in [1.165, 1.54) is 0 Å². The Labute approximate surface area is 48.3 Å². The van der Waals surface area contributed by atoms with Gasteiger partial charge in [-0.3, -0.25) is 0 Å². The van der Waals surface area contributed by atoms with Crippen LogP contribution in [0.2, 0.25) is 0 Å². The molecule has 0 aliphatic rings. The first-order valence-electron chi connectivity index (χ1n) is 2.05. The summed E-state index contributed by atoms with van der Waals surface area (Å²) >= 11 is 4.63. The van der Waals surface area contributed by atoms with Crippen LogP contribution in [0.5, 0.6) is 0 Å². The molecule has 3 N–H and O–H groups in total. The molecule has 0 fully saturated rings. The van der Waals surface area contributed by atoms with Crippen molar-refractivity contribution >= 4 is 17.1 Å². The van der Waals surface area contributed by atoms with Crippen molar-refractivity contribution in [1.82, 2.24) is 0 Å². The molecule has 42 valence electrons. The summed E-state index contributed by atoms with van der Waals surface area (Å²) in [5.74, 6) is 0. The molecule has 0 aromatic carbocycles. The molecule has 2 nitrogen and oxygen atoms in total. The van der Waals surface area contributed by atoms with E-state index in [2.05, 4.69) is 12.2 Å². The second-order valence-electron chi connectivity index (χ2n) is 1.40. The molecular formula is C4H9NOS. The van der Waals surface area contributed by atoms with E-state index in [4.69, 9.17) is 10.8 Å². The van der Waals surface area contributed by atoms with Gasteiger partial charge in [-0.05, 0) is 6.92 Å². The van der Waals surface area contributed by atoms with Crippen molar-refractivity contribution in [2.45, 2.75) is 13.0 Å². The van der Waals surface area contributed by atoms with E-state index in [9.17, 15) is 0 Å². The maximum Gasteiger partial charge on any atom is 0.0629 e. The van der Waals surface area contributed by atoms with Crippen molar-refractivity contribution in [1.29, 1.82) is 0 Å². The zero-order chi connectivity index (χ0) is 5.86. The van der Waals surface area contributed by atoms with Gasteiger partial charge in [0.1, 0.15) is 0 Å². The van der Waals surface area contributed by atoms with Crippen LogP contribution in [-0.2, 0) is 0 Å². The monoisotopic (exact) mass is 119 g/mol. The highest BCUT2D eigenvalue weighted by Gasteiger charge is 1.98. The molecular weight excluding hydrogens is 110 g/mol. The van der Waals surface area contributed by atoms with Crippen LogP contribution in [0.4, 0.5) is 0 Å². The van der Waals surface area contributed by atoms with E-state index in [0.717, 1.165) is 0 Å². The number of rotatable bonds is 2. The Morgan fingerprint density at radius 2 is 2.43 bits per heavy atom. The molecule has 0 spiro atoms. The van der Waals surface area contributed by atoms with Crippen LogP contribution in [0.1, 0.15) is 6.92 Å². The van der Waals surface area contributed by atoms with Crippen molar-refractivity contribution in [2.24, 2.45) is 5.73 Å². The number of hydrogen-bond donors (Lipinski definition) is 2. The summed E-state index contributed by atoms with van der Waals surface area (Å²) in [7, 11) is 0. The van der Waals surface area contributed by atoms with Crippen LogP contribution in [0.3, 0.4) is 0 Å². The molecule has 1 unspecified atom stereocenters. The fourth-order valence-corrected chi connectivity index (χ4v) is 0.203. The van der Waals surface area contributed by atoms with Gasteiger partial charge >= 0.3 is 0 Å². The molecule has 0 saturated carbocycles. The molecule has 0 amide bonds. The molecule has 1 atom stereocenters. The summed E-state index contributed by atoms with van der Waals surface area (Å²) in [6, 6.07) is -0.310. The topological polar surface area (TPSA) is 46.2 Å². The van der Waals surface area contributed by atoms with Crippen LogP contribution in [0, 0.1) is 0 Å². The predicted molar refractivity (Wildman–Crippen MR) is 33.3 cm³/mol. The van der Waals surface area contributed by atoms with Gasteiger partial charge in [0.25, 0.3) is 0 Å². The van der Waals surface area contributed by atoms with Crippen molar-refractivity contribution in [3.05, 3.63) is 0 Å². The number of aliphatic hydroxyl groups is 1. The molecule has 0 heterocycles. The summed E-state index contributed by atoms with van der Waals surface area (Å²) < 4.78 is 0. The average molecular weight is 119 g/mol. The van der Waals surface area contributed by atoms with Gasteiger partial charge in [-0.15, -0.1) is 0 Å². The molecule has 3 heteroatoms. The Morgan fingerprint density at radius 1 is 2.00 bits per heavy atom. The SMILES string of the molecule is CC(=S)C(N)CO. The predicted octanol–water partition coefficient (Wildman–Crippen LogP) is -0.304. The van der Waals surface area contributed by atoms with Gasteiger partial charge in [0, 0.05) is 4.86 Å².